The summed E-state index contributed by atoms with van der Waals surface area (Å²) in [6, 6.07) is 5.40. The fraction of sp³-hybridized carbons (Fsp3) is 0.526. The van der Waals surface area contributed by atoms with E-state index >= 15 is 0 Å². The fourth-order valence-corrected chi connectivity index (χ4v) is 3.90. The molecule has 1 aromatic heterocycles. The van der Waals surface area contributed by atoms with Gasteiger partial charge in [-0.2, -0.15) is 4.98 Å². The highest BCUT2D eigenvalue weighted by molar-refractivity contribution is 5.96. The maximum Gasteiger partial charge on any atom is 0.232 e. The van der Waals surface area contributed by atoms with Crippen LogP contribution in [0.25, 0.3) is 0 Å². The van der Waals surface area contributed by atoms with Gasteiger partial charge in [0.25, 0.3) is 0 Å². The molecule has 9 heteroatoms. The molecule has 1 aliphatic carbocycles. The number of aromatic nitrogens is 2. The van der Waals surface area contributed by atoms with Crippen LogP contribution in [0.15, 0.2) is 22.7 Å². The van der Waals surface area contributed by atoms with Crippen LogP contribution in [0.2, 0.25) is 0 Å². The first-order chi connectivity index (χ1) is 13.0. The third-order valence-corrected chi connectivity index (χ3v) is 5.51. The van der Waals surface area contributed by atoms with Crippen LogP contribution >= 0.6 is 12.4 Å². The van der Waals surface area contributed by atoms with E-state index < -0.39 is 5.54 Å². The quantitative estimate of drug-likeness (QED) is 0.811. The normalized spacial score (nSPS) is 20.9. The largest absolute Gasteiger partial charge is 0.497 e. The highest BCUT2D eigenvalue weighted by atomic mass is 35.5. The standard InChI is InChI=1S/C19H24N4O4.ClH/c1-25-14-8-13(9-15(10-14)26-2)23-11-12(7-16(23)24)17-21-18(22-27-17)19(20)5-3-4-6-19;/h8-10,12H,3-7,11,20H2,1-2H3;1H. The van der Waals surface area contributed by atoms with Crippen LogP contribution in [-0.4, -0.2) is 36.8 Å². The van der Waals surface area contributed by atoms with Gasteiger partial charge in [-0.15, -0.1) is 12.4 Å². The first kappa shape index (κ1) is 20.4. The van der Waals surface area contributed by atoms with Crippen LogP contribution < -0.4 is 20.1 Å². The van der Waals surface area contributed by atoms with Crippen LogP contribution in [0.1, 0.15) is 49.7 Å². The summed E-state index contributed by atoms with van der Waals surface area (Å²) < 4.78 is 16.1. The van der Waals surface area contributed by atoms with Gasteiger partial charge < -0.3 is 24.6 Å². The number of methoxy groups -OCH3 is 2. The minimum atomic E-state index is -0.496. The molecule has 0 spiro atoms. The summed E-state index contributed by atoms with van der Waals surface area (Å²) in [7, 11) is 3.16. The maximum absolute atomic E-state index is 12.6. The van der Waals surface area contributed by atoms with Crippen LogP contribution in [0.4, 0.5) is 5.69 Å². The van der Waals surface area contributed by atoms with E-state index in [4.69, 9.17) is 19.7 Å². The number of nitrogens with two attached hydrogens (primary N) is 1. The van der Waals surface area contributed by atoms with Gasteiger partial charge in [-0.1, -0.05) is 18.0 Å². The number of halogens is 1. The van der Waals surface area contributed by atoms with E-state index in [0.29, 0.717) is 36.2 Å². The molecular formula is C19H25ClN4O4. The average Bonchev–Trinajstić information content (AvgIpc) is 3.41. The third kappa shape index (κ3) is 3.66. The van der Waals surface area contributed by atoms with Crippen LogP contribution in [0.3, 0.4) is 0 Å². The van der Waals surface area contributed by atoms with Crippen molar-refractivity contribution in [3.05, 3.63) is 29.9 Å². The van der Waals surface area contributed by atoms with E-state index in [0.717, 1.165) is 31.4 Å². The summed E-state index contributed by atoms with van der Waals surface area (Å²) in [4.78, 5) is 18.9. The Bertz CT molecular complexity index is 828. The van der Waals surface area contributed by atoms with Crippen molar-refractivity contribution in [2.24, 2.45) is 5.73 Å². The Labute approximate surface area is 169 Å². The highest BCUT2D eigenvalue weighted by Gasteiger charge is 2.39. The molecule has 0 bridgehead atoms. The van der Waals surface area contributed by atoms with Gasteiger partial charge >= 0.3 is 0 Å². The van der Waals surface area contributed by atoms with E-state index in [1.807, 2.05) is 12.1 Å². The van der Waals surface area contributed by atoms with Gasteiger partial charge in [0.1, 0.15) is 11.5 Å². The molecule has 1 amide bonds. The Morgan fingerprint density at radius 2 is 1.82 bits per heavy atom. The number of carbonyl (C=O) groups is 1. The van der Waals surface area contributed by atoms with Crippen molar-refractivity contribution in [3.8, 4) is 11.5 Å². The first-order valence-electron chi connectivity index (χ1n) is 9.19. The number of ether oxygens (including phenoxy) is 2. The van der Waals surface area contributed by atoms with Crippen molar-refractivity contribution in [1.82, 2.24) is 10.1 Å². The topological polar surface area (TPSA) is 104 Å². The van der Waals surface area contributed by atoms with Crippen LogP contribution in [0, 0.1) is 0 Å². The zero-order valence-electron chi connectivity index (χ0n) is 16.0. The Morgan fingerprint density at radius 1 is 1.18 bits per heavy atom. The molecule has 2 aromatic rings. The fourth-order valence-electron chi connectivity index (χ4n) is 3.90. The summed E-state index contributed by atoms with van der Waals surface area (Å²) in [5, 5.41) is 4.11. The van der Waals surface area contributed by atoms with Gasteiger partial charge in [0.15, 0.2) is 5.82 Å². The van der Waals surface area contributed by atoms with E-state index in [1.54, 1.807) is 25.2 Å². The van der Waals surface area contributed by atoms with Gasteiger partial charge in [0.2, 0.25) is 11.8 Å². The highest BCUT2D eigenvalue weighted by Crippen LogP contribution is 2.38. The Balaban J connectivity index is 0.00000225. The van der Waals surface area contributed by atoms with Crippen molar-refractivity contribution in [3.63, 3.8) is 0 Å². The summed E-state index contributed by atoms with van der Waals surface area (Å²) in [5.41, 5.74) is 6.64. The Hall–Kier alpha value is -2.32. The van der Waals surface area contributed by atoms with Crippen molar-refractivity contribution in [2.45, 2.75) is 43.6 Å². The summed E-state index contributed by atoms with van der Waals surface area (Å²) >= 11 is 0. The first-order valence-corrected chi connectivity index (χ1v) is 9.19. The lowest BCUT2D eigenvalue weighted by Gasteiger charge is -2.18. The van der Waals surface area contributed by atoms with Crippen LogP contribution in [-0.2, 0) is 10.3 Å². The maximum atomic E-state index is 12.6. The minimum Gasteiger partial charge on any atom is -0.497 e. The van der Waals surface area contributed by atoms with Gasteiger partial charge in [0.05, 0.1) is 31.4 Å². The number of hydrogen-bond donors (Lipinski definition) is 1. The summed E-state index contributed by atoms with van der Waals surface area (Å²) in [6.45, 7) is 0.467. The Kier molecular flexibility index (Phi) is 5.81. The molecule has 1 unspecified atom stereocenters. The molecule has 2 aliphatic rings. The lowest BCUT2D eigenvalue weighted by atomic mass is 9.98. The molecule has 1 saturated heterocycles. The third-order valence-electron chi connectivity index (χ3n) is 5.51. The molecule has 8 nitrogen and oxygen atoms in total. The van der Waals surface area contributed by atoms with E-state index in [2.05, 4.69) is 10.1 Å². The van der Waals surface area contributed by atoms with E-state index in [1.165, 1.54) is 0 Å². The van der Waals surface area contributed by atoms with Crippen LogP contribution in [0.5, 0.6) is 11.5 Å². The van der Waals surface area contributed by atoms with Gasteiger partial charge in [0, 0.05) is 31.2 Å². The SMILES string of the molecule is COc1cc(OC)cc(N2CC(c3nc(C4(N)CCCC4)no3)CC2=O)c1.Cl. The van der Waals surface area contributed by atoms with Crippen molar-refractivity contribution >= 4 is 24.0 Å². The molecule has 2 fully saturated rings. The molecule has 2 N–H and O–H groups in total. The van der Waals surface area contributed by atoms with Gasteiger partial charge in [-0.25, -0.2) is 0 Å². The number of amides is 1. The molecule has 1 aliphatic heterocycles. The predicted octanol–water partition coefficient (Wildman–Crippen LogP) is 2.76. The molecule has 2 heterocycles. The lowest BCUT2D eigenvalue weighted by molar-refractivity contribution is -0.117. The number of benzene rings is 1. The number of nitrogens with zero attached hydrogens (tertiary/aromatic N) is 3. The number of rotatable bonds is 5. The second-order valence-corrected chi connectivity index (χ2v) is 7.30. The number of carbonyl (C=O) groups excluding carboxylic acids is 1. The van der Waals surface area contributed by atoms with Crippen molar-refractivity contribution < 1.29 is 18.8 Å². The number of anilines is 1. The van der Waals surface area contributed by atoms with E-state index in [-0.39, 0.29) is 24.2 Å². The molecular weight excluding hydrogens is 384 g/mol. The second-order valence-electron chi connectivity index (χ2n) is 7.30. The predicted molar refractivity (Wildman–Crippen MR) is 105 cm³/mol. The average molecular weight is 409 g/mol. The smallest absolute Gasteiger partial charge is 0.232 e. The zero-order chi connectivity index (χ0) is 19.0. The summed E-state index contributed by atoms with van der Waals surface area (Å²) in [5.74, 6) is 2.15. The minimum absolute atomic E-state index is 0. The summed E-state index contributed by atoms with van der Waals surface area (Å²) in [6.07, 6.45) is 4.21. The van der Waals surface area contributed by atoms with E-state index in [9.17, 15) is 4.79 Å². The molecule has 1 saturated carbocycles. The molecule has 1 atom stereocenters. The molecule has 4 rings (SSSR count). The van der Waals surface area contributed by atoms with Gasteiger partial charge in [-0.3, -0.25) is 4.79 Å². The molecule has 28 heavy (non-hydrogen) atoms. The molecule has 1 aromatic carbocycles. The lowest BCUT2D eigenvalue weighted by Crippen LogP contribution is -2.34. The Morgan fingerprint density at radius 3 is 2.43 bits per heavy atom. The van der Waals surface area contributed by atoms with Gasteiger partial charge in [-0.05, 0) is 12.8 Å². The number of hydrogen-bond acceptors (Lipinski definition) is 7. The van der Waals surface area contributed by atoms with Crippen molar-refractivity contribution in [1.29, 1.82) is 0 Å². The molecule has 0 radical (unpaired) electrons. The monoisotopic (exact) mass is 408 g/mol. The molecule has 152 valence electrons. The van der Waals surface area contributed by atoms with Crippen molar-refractivity contribution in [2.75, 3.05) is 25.7 Å². The second kappa shape index (κ2) is 7.97. The zero-order valence-corrected chi connectivity index (χ0v) is 16.8.